The van der Waals surface area contributed by atoms with Crippen LogP contribution in [0.4, 0.5) is 5.69 Å². The Labute approximate surface area is 177 Å². The number of hydrogen-bond donors (Lipinski definition) is 3. The summed E-state index contributed by atoms with van der Waals surface area (Å²) in [6.45, 7) is 2.76. The molecule has 30 heavy (non-hydrogen) atoms. The predicted octanol–water partition coefficient (Wildman–Crippen LogP) is 3.67. The molecule has 0 aliphatic heterocycles. The van der Waals surface area contributed by atoms with Crippen molar-refractivity contribution in [3.63, 3.8) is 0 Å². The van der Waals surface area contributed by atoms with Crippen LogP contribution >= 0.6 is 0 Å². The predicted molar refractivity (Wildman–Crippen MR) is 117 cm³/mol. The zero-order valence-corrected chi connectivity index (χ0v) is 17.4. The molecule has 3 rings (SSSR count). The Bertz CT molecular complexity index is 870. The molecule has 6 nitrogen and oxygen atoms in total. The highest BCUT2D eigenvalue weighted by atomic mass is 16.2. The van der Waals surface area contributed by atoms with Crippen LogP contribution in [0.5, 0.6) is 0 Å². The fourth-order valence-corrected chi connectivity index (χ4v) is 3.64. The third kappa shape index (κ3) is 6.44. The summed E-state index contributed by atoms with van der Waals surface area (Å²) in [6, 6.07) is 14.1. The number of nitrogens with one attached hydrogen (secondary N) is 3. The van der Waals surface area contributed by atoms with Gasteiger partial charge in [-0.25, -0.2) is 0 Å². The van der Waals surface area contributed by atoms with Crippen molar-refractivity contribution in [2.45, 2.75) is 39.0 Å². The summed E-state index contributed by atoms with van der Waals surface area (Å²) >= 11 is 0. The summed E-state index contributed by atoms with van der Waals surface area (Å²) in [5.74, 6) is 0.173. The van der Waals surface area contributed by atoms with Crippen LogP contribution in [-0.4, -0.2) is 30.8 Å². The molecule has 0 radical (unpaired) electrons. The normalized spacial score (nSPS) is 13.6. The van der Waals surface area contributed by atoms with Crippen LogP contribution in [0.3, 0.4) is 0 Å². The Morgan fingerprint density at radius 1 is 0.800 bits per heavy atom. The number of carbonyl (C=O) groups excluding carboxylic acids is 3. The highest BCUT2D eigenvalue weighted by Crippen LogP contribution is 2.27. The van der Waals surface area contributed by atoms with Gasteiger partial charge in [0.2, 0.25) is 5.91 Å². The Morgan fingerprint density at radius 2 is 1.37 bits per heavy atom. The molecule has 1 fully saturated rings. The van der Waals surface area contributed by atoms with Gasteiger partial charge in [0.05, 0.1) is 0 Å². The van der Waals surface area contributed by atoms with Crippen molar-refractivity contribution in [1.82, 2.24) is 10.6 Å². The molecule has 2 aromatic carbocycles. The van der Waals surface area contributed by atoms with Crippen molar-refractivity contribution >= 4 is 23.4 Å². The minimum absolute atomic E-state index is 0.0600. The SMILES string of the molecule is Cc1ccc(C(=O)Nc2ccc(C(=O)NCCNC(=O)CC3CCCC3)cc2)cc1. The van der Waals surface area contributed by atoms with Gasteiger partial charge in [-0.2, -0.15) is 0 Å². The van der Waals surface area contributed by atoms with Crippen LogP contribution in [0.2, 0.25) is 0 Å². The van der Waals surface area contributed by atoms with Gasteiger partial charge in [0, 0.05) is 36.3 Å². The third-order valence-corrected chi connectivity index (χ3v) is 5.40. The first kappa shape index (κ1) is 21.6. The van der Waals surface area contributed by atoms with E-state index in [9.17, 15) is 14.4 Å². The van der Waals surface area contributed by atoms with Gasteiger partial charge in [-0.05, 0) is 62.1 Å². The van der Waals surface area contributed by atoms with Crippen LogP contribution in [0.25, 0.3) is 0 Å². The summed E-state index contributed by atoms with van der Waals surface area (Å²) < 4.78 is 0. The zero-order chi connectivity index (χ0) is 21.3. The first-order valence-corrected chi connectivity index (χ1v) is 10.5. The van der Waals surface area contributed by atoms with E-state index in [2.05, 4.69) is 16.0 Å². The molecular formula is C24H29N3O3. The highest BCUT2D eigenvalue weighted by molar-refractivity contribution is 6.04. The molecule has 2 aromatic rings. The Kier molecular flexibility index (Phi) is 7.60. The fraction of sp³-hybridized carbons (Fsp3) is 0.375. The topological polar surface area (TPSA) is 87.3 Å². The van der Waals surface area contributed by atoms with E-state index in [-0.39, 0.29) is 17.7 Å². The number of benzene rings is 2. The summed E-state index contributed by atoms with van der Waals surface area (Å²) in [5, 5.41) is 8.48. The van der Waals surface area contributed by atoms with Gasteiger partial charge in [0.25, 0.3) is 11.8 Å². The molecule has 3 amide bonds. The molecule has 0 spiro atoms. The monoisotopic (exact) mass is 407 g/mol. The lowest BCUT2D eigenvalue weighted by Crippen LogP contribution is -2.35. The minimum atomic E-state index is -0.212. The molecule has 3 N–H and O–H groups in total. The van der Waals surface area contributed by atoms with E-state index in [1.54, 1.807) is 36.4 Å². The molecule has 1 aliphatic carbocycles. The Balaban J connectivity index is 1.39. The van der Waals surface area contributed by atoms with Crippen LogP contribution < -0.4 is 16.0 Å². The van der Waals surface area contributed by atoms with Crippen LogP contribution in [0.1, 0.15) is 58.4 Å². The first-order chi connectivity index (χ1) is 14.5. The van der Waals surface area contributed by atoms with Crippen molar-refractivity contribution in [3.05, 3.63) is 65.2 Å². The van der Waals surface area contributed by atoms with E-state index in [1.807, 2.05) is 19.1 Å². The molecule has 0 unspecified atom stereocenters. The molecule has 6 heteroatoms. The lowest BCUT2D eigenvalue weighted by atomic mass is 10.0. The molecule has 0 saturated heterocycles. The van der Waals surface area contributed by atoms with Gasteiger partial charge < -0.3 is 16.0 Å². The van der Waals surface area contributed by atoms with E-state index in [1.165, 1.54) is 12.8 Å². The maximum Gasteiger partial charge on any atom is 0.255 e. The average molecular weight is 408 g/mol. The lowest BCUT2D eigenvalue weighted by Gasteiger charge is -2.10. The largest absolute Gasteiger partial charge is 0.354 e. The molecule has 0 bridgehead atoms. The molecule has 0 aromatic heterocycles. The van der Waals surface area contributed by atoms with E-state index in [0.717, 1.165) is 18.4 Å². The van der Waals surface area contributed by atoms with E-state index < -0.39 is 0 Å². The minimum Gasteiger partial charge on any atom is -0.354 e. The standard InChI is InChI=1S/C24H29N3O3/c1-17-6-8-20(9-7-17)24(30)27-21-12-10-19(11-13-21)23(29)26-15-14-25-22(28)16-18-4-2-3-5-18/h6-13,18H,2-5,14-16H2,1H3,(H,25,28)(H,26,29)(H,27,30). The van der Waals surface area contributed by atoms with Crippen LogP contribution in [0.15, 0.2) is 48.5 Å². The lowest BCUT2D eigenvalue weighted by molar-refractivity contribution is -0.121. The number of amides is 3. The second-order valence-corrected chi connectivity index (χ2v) is 7.86. The van der Waals surface area contributed by atoms with Crippen molar-refractivity contribution in [1.29, 1.82) is 0 Å². The van der Waals surface area contributed by atoms with Crippen molar-refractivity contribution in [3.8, 4) is 0 Å². The molecule has 158 valence electrons. The van der Waals surface area contributed by atoms with E-state index in [0.29, 0.717) is 42.2 Å². The van der Waals surface area contributed by atoms with Crippen molar-refractivity contribution in [2.75, 3.05) is 18.4 Å². The smallest absolute Gasteiger partial charge is 0.255 e. The Morgan fingerprint density at radius 3 is 2.03 bits per heavy atom. The molecule has 1 aliphatic rings. The first-order valence-electron chi connectivity index (χ1n) is 10.5. The second-order valence-electron chi connectivity index (χ2n) is 7.86. The number of anilines is 1. The van der Waals surface area contributed by atoms with Gasteiger partial charge in [-0.3, -0.25) is 14.4 Å². The van der Waals surface area contributed by atoms with Gasteiger partial charge in [0.15, 0.2) is 0 Å². The zero-order valence-electron chi connectivity index (χ0n) is 17.4. The van der Waals surface area contributed by atoms with Gasteiger partial charge in [0.1, 0.15) is 0 Å². The number of carbonyl (C=O) groups is 3. The molecule has 0 atom stereocenters. The Hall–Kier alpha value is -3.15. The second kappa shape index (κ2) is 10.6. The van der Waals surface area contributed by atoms with Gasteiger partial charge in [-0.1, -0.05) is 30.5 Å². The summed E-state index contributed by atoms with van der Waals surface area (Å²) in [5.41, 5.74) is 2.80. The number of rotatable bonds is 8. The van der Waals surface area contributed by atoms with Crippen molar-refractivity contribution in [2.24, 2.45) is 5.92 Å². The fourth-order valence-electron chi connectivity index (χ4n) is 3.64. The summed E-state index contributed by atoms with van der Waals surface area (Å²) in [7, 11) is 0. The van der Waals surface area contributed by atoms with E-state index in [4.69, 9.17) is 0 Å². The summed E-state index contributed by atoms with van der Waals surface area (Å²) in [6.07, 6.45) is 5.33. The average Bonchev–Trinajstić information content (AvgIpc) is 3.25. The van der Waals surface area contributed by atoms with Gasteiger partial charge in [-0.15, -0.1) is 0 Å². The number of hydrogen-bond acceptors (Lipinski definition) is 3. The maximum atomic E-state index is 12.3. The van der Waals surface area contributed by atoms with Crippen molar-refractivity contribution < 1.29 is 14.4 Å². The molecule has 1 saturated carbocycles. The molecular weight excluding hydrogens is 378 g/mol. The quantitative estimate of drug-likeness (QED) is 0.584. The van der Waals surface area contributed by atoms with E-state index >= 15 is 0 Å². The maximum absolute atomic E-state index is 12.3. The number of aryl methyl sites for hydroxylation is 1. The van der Waals surface area contributed by atoms with Crippen LogP contribution in [0, 0.1) is 12.8 Å². The molecule has 0 heterocycles. The van der Waals surface area contributed by atoms with Gasteiger partial charge >= 0.3 is 0 Å². The summed E-state index contributed by atoms with van der Waals surface area (Å²) in [4.78, 5) is 36.4. The highest BCUT2D eigenvalue weighted by Gasteiger charge is 2.18. The third-order valence-electron chi connectivity index (χ3n) is 5.40. The van der Waals surface area contributed by atoms with Crippen LogP contribution in [-0.2, 0) is 4.79 Å².